The predicted octanol–water partition coefficient (Wildman–Crippen LogP) is 1.13. The molecule has 0 aliphatic carbocycles. The Morgan fingerprint density at radius 3 is 2.41 bits per heavy atom. The molecule has 0 saturated carbocycles. The number of amides is 1. The number of halogens is 1. The second-order valence-electron chi connectivity index (χ2n) is 4.15. The van der Waals surface area contributed by atoms with E-state index < -0.39 is 27.7 Å². The summed E-state index contributed by atoms with van der Waals surface area (Å²) in [5.41, 5.74) is 0.595. The van der Waals surface area contributed by atoms with Crippen LogP contribution in [0.3, 0.4) is 0 Å². The first-order valence-corrected chi connectivity index (χ1v) is 6.80. The Balaban J connectivity index is 2.24. The topological polar surface area (TPSA) is 54.5 Å². The molecule has 4 nitrogen and oxygen atoms in total. The normalized spacial score (nSPS) is 23.1. The SMILES string of the molecule is CC1CS(=O)(=O)N(Cc2ccc(F)cc2)C1=O. The third-order valence-corrected chi connectivity index (χ3v) is 4.61. The third-order valence-electron chi connectivity index (χ3n) is 2.70. The molecule has 1 unspecified atom stereocenters. The molecule has 1 saturated heterocycles. The molecular formula is C11H12FNO3S. The highest BCUT2D eigenvalue weighted by molar-refractivity contribution is 7.90. The van der Waals surface area contributed by atoms with Crippen molar-refractivity contribution in [2.24, 2.45) is 5.92 Å². The van der Waals surface area contributed by atoms with Crippen LogP contribution in [-0.2, 0) is 21.4 Å². The largest absolute Gasteiger partial charge is 0.273 e. The van der Waals surface area contributed by atoms with E-state index in [1.165, 1.54) is 24.3 Å². The zero-order chi connectivity index (χ0) is 12.6. The van der Waals surface area contributed by atoms with Crippen molar-refractivity contribution in [3.05, 3.63) is 35.6 Å². The monoisotopic (exact) mass is 257 g/mol. The van der Waals surface area contributed by atoms with Gasteiger partial charge in [-0.3, -0.25) is 4.79 Å². The number of hydrogen-bond acceptors (Lipinski definition) is 3. The molecule has 1 aliphatic rings. The van der Waals surface area contributed by atoms with Gasteiger partial charge in [-0.2, -0.15) is 0 Å². The third kappa shape index (κ3) is 2.31. The molecule has 1 aliphatic heterocycles. The number of rotatable bonds is 2. The van der Waals surface area contributed by atoms with Gasteiger partial charge in [0.2, 0.25) is 15.9 Å². The van der Waals surface area contributed by atoms with E-state index in [0.717, 1.165) is 4.31 Å². The first-order valence-electron chi connectivity index (χ1n) is 5.19. The zero-order valence-electron chi connectivity index (χ0n) is 9.26. The lowest BCUT2D eigenvalue weighted by atomic mass is 10.2. The lowest BCUT2D eigenvalue weighted by Crippen LogP contribution is -2.29. The van der Waals surface area contributed by atoms with Crippen LogP contribution in [0.15, 0.2) is 24.3 Å². The van der Waals surface area contributed by atoms with Gasteiger partial charge in [-0.15, -0.1) is 0 Å². The lowest BCUT2D eigenvalue weighted by molar-refractivity contribution is -0.128. The highest BCUT2D eigenvalue weighted by Gasteiger charge is 2.40. The van der Waals surface area contributed by atoms with Crippen LogP contribution in [0.25, 0.3) is 0 Å². The summed E-state index contributed by atoms with van der Waals surface area (Å²) in [7, 11) is -3.50. The number of hydrogen-bond donors (Lipinski definition) is 0. The summed E-state index contributed by atoms with van der Waals surface area (Å²) in [6.45, 7) is 1.57. The average molecular weight is 257 g/mol. The lowest BCUT2D eigenvalue weighted by Gasteiger charge is -2.15. The van der Waals surface area contributed by atoms with E-state index >= 15 is 0 Å². The van der Waals surface area contributed by atoms with Crippen molar-refractivity contribution in [3.63, 3.8) is 0 Å². The number of benzene rings is 1. The fourth-order valence-electron chi connectivity index (χ4n) is 1.79. The van der Waals surface area contributed by atoms with Crippen molar-refractivity contribution >= 4 is 15.9 Å². The van der Waals surface area contributed by atoms with Gasteiger partial charge in [-0.25, -0.2) is 17.1 Å². The van der Waals surface area contributed by atoms with Crippen LogP contribution in [-0.4, -0.2) is 24.4 Å². The Hall–Kier alpha value is -1.43. The molecule has 1 aromatic rings. The first kappa shape index (κ1) is 12.0. The molecule has 6 heteroatoms. The van der Waals surface area contributed by atoms with E-state index in [2.05, 4.69) is 0 Å². The van der Waals surface area contributed by atoms with Gasteiger partial charge >= 0.3 is 0 Å². The van der Waals surface area contributed by atoms with Crippen LogP contribution in [0.5, 0.6) is 0 Å². The van der Waals surface area contributed by atoms with Crippen molar-refractivity contribution < 1.29 is 17.6 Å². The van der Waals surface area contributed by atoms with Gasteiger partial charge in [0.05, 0.1) is 18.2 Å². The smallest absolute Gasteiger partial charge is 0.240 e. The molecule has 1 heterocycles. The molecule has 1 fully saturated rings. The second-order valence-corrected chi connectivity index (χ2v) is 6.09. The molecule has 92 valence electrons. The molecule has 1 atom stereocenters. The number of sulfonamides is 1. The Morgan fingerprint density at radius 1 is 1.35 bits per heavy atom. The summed E-state index contributed by atoms with van der Waals surface area (Å²) in [5, 5.41) is 0. The summed E-state index contributed by atoms with van der Waals surface area (Å²) in [6, 6.07) is 5.43. The van der Waals surface area contributed by atoms with Crippen LogP contribution < -0.4 is 0 Å². The van der Waals surface area contributed by atoms with Crippen molar-refractivity contribution in [2.75, 3.05) is 5.75 Å². The van der Waals surface area contributed by atoms with Crippen molar-refractivity contribution in [1.82, 2.24) is 4.31 Å². The Bertz CT molecular complexity index is 538. The maximum absolute atomic E-state index is 12.7. The molecule has 0 spiro atoms. The van der Waals surface area contributed by atoms with E-state index in [0.29, 0.717) is 5.56 Å². The van der Waals surface area contributed by atoms with E-state index in [9.17, 15) is 17.6 Å². The van der Waals surface area contributed by atoms with Gasteiger partial charge in [0.25, 0.3) is 0 Å². The Kier molecular flexibility index (Phi) is 2.91. The van der Waals surface area contributed by atoms with Crippen LogP contribution in [0.2, 0.25) is 0 Å². The minimum absolute atomic E-state index is 0.0220. The van der Waals surface area contributed by atoms with Gasteiger partial charge in [-0.05, 0) is 17.7 Å². The van der Waals surface area contributed by atoms with Gasteiger partial charge in [0, 0.05) is 0 Å². The zero-order valence-corrected chi connectivity index (χ0v) is 10.1. The van der Waals surface area contributed by atoms with Gasteiger partial charge in [-0.1, -0.05) is 19.1 Å². The summed E-state index contributed by atoms with van der Waals surface area (Å²) in [5.74, 6) is -1.43. The van der Waals surface area contributed by atoms with E-state index in [1.54, 1.807) is 6.92 Å². The fraction of sp³-hybridized carbons (Fsp3) is 0.364. The van der Waals surface area contributed by atoms with Crippen molar-refractivity contribution in [1.29, 1.82) is 0 Å². The molecule has 0 N–H and O–H groups in total. The molecule has 0 aromatic heterocycles. The fourth-order valence-corrected chi connectivity index (χ4v) is 3.55. The molecule has 0 bridgehead atoms. The predicted molar refractivity (Wildman–Crippen MR) is 59.9 cm³/mol. The Morgan fingerprint density at radius 2 is 1.94 bits per heavy atom. The van der Waals surface area contributed by atoms with Crippen molar-refractivity contribution in [3.8, 4) is 0 Å². The van der Waals surface area contributed by atoms with Gasteiger partial charge < -0.3 is 0 Å². The summed E-state index contributed by atoms with van der Waals surface area (Å²) < 4.78 is 36.9. The Labute approximate surface area is 99.1 Å². The van der Waals surface area contributed by atoms with Crippen LogP contribution in [0.4, 0.5) is 4.39 Å². The van der Waals surface area contributed by atoms with Gasteiger partial charge in [0.15, 0.2) is 0 Å². The highest BCUT2D eigenvalue weighted by Crippen LogP contribution is 2.23. The van der Waals surface area contributed by atoms with Crippen LogP contribution >= 0.6 is 0 Å². The van der Waals surface area contributed by atoms with E-state index in [1.807, 2.05) is 0 Å². The quantitative estimate of drug-likeness (QED) is 0.798. The molecule has 0 radical (unpaired) electrons. The van der Waals surface area contributed by atoms with Gasteiger partial charge in [0.1, 0.15) is 5.82 Å². The second kappa shape index (κ2) is 4.10. The maximum Gasteiger partial charge on any atom is 0.240 e. The standard InChI is InChI=1S/C11H12FNO3S/c1-8-7-17(15,16)13(11(8)14)6-9-2-4-10(12)5-3-9/h2-5,8H,6-7H2,1H3. The minimum Gasteiger partial charge on any atom is -0.273 e. The summed E-state index contributed by atoms with van der Waals surface area (Å²) in [4.78, 5) is 11.7. The molecule has 17 heavy (non-hydrogen) atoms. The summed E-state index contributed by atoms with van der Waals surface area (Å²) in [6.07, 6.45) is 0. The molecular weight excluding hydrogens is 245 g/mol. The average Bonchev–Trinajstić information content (AvgIpc) is 2.44. The van der Waals surface area contributed by atoms with E-state index in [4.69, 9.17) is 0 Å². The van der Waals surface area contributed by atoms with Crippen molar-refractivity contribution in [2.45, 2.75) is 13.5 Å². The maximum atomic E-state index is 12.7. The number of carbonyl (C=O) groups excluding carboxylic acids is 1. The first-order chi connectivity index (χ1) is 7.90. The number of nitrogens with zero attached hydrogens (tertiary/aromatic N) is 1. The van der Waals surface area contributed by atoms with Crippen LogP contribution in [0.1, 0.15) is 12.5 Å². The molecule has 1 aromatic carbocycles. The van der Waals surface area contributed by atoms with Crippen LogP contribution in [0, 0.1) is 11.7 Å². The van der Waals surface area contributed by atoms with E-state index in [-0.39, 0.29) is 12.3 Å². The molecule has 2 rings (SSSR count). The molecule has 1 amide bonds. The highest BCUT2D eigenvalue weighted by atomic mass is 32.2. The number of carbonyl (C=O) groups is 1. The minimum atomic E-state index is -3.50. The summed E-state index contributed by atoms with van der Waals surface area (Å²) >= 11 is 0.